The minimum Gasteiger partial charge on any atom is -0.454 e. The maximum Gasteiger partial charge on any atom is 0.270 e. The molecule has 1 saturated heterocycles. The van der Waals surface area contributed by atoms with Crippen molar-refractivity contribution in [1.82, 2.24) is 0 Å². The summed E-state index contributed by atoms with van der Waals surface area (Å²) >= 11 is 12.8. The number of ether oxygens (including phenoxy) is 2. The first-order valence-corrected chi connectivity index (χ1v) is 8.66. The number of rotatable bonds is 2. The van der Waals surface area contributed by atoms with Gasteiger partial charge in [-0.1, -0.05) is 53.8 Å². The van der Waals surface area contributed by atoms with Crippen LogP contribution in [0.25, 0.3) is 6.08 Å². The van der Waals surface area contributed by atoms with E-state index in [-0.39, 0.29) is 12.7 Å². The fourth-order valence-corrected chi connectivity index (χ4v) is 3.93. The summed E-state index contributed by atoms with van der Waals surface area (Å²) in [6, 6.07) is 12.7. The second kappa shape index (κ2) is 6.12. The van der Waals surface area contributed by atoms with Crippen molar-refractivity contribution in [1.29, 1.82) is 0 Å². The van der Waals surface area contributed by atoms with E-state index in [0.717, 1.165) is 5.56 Å². The van der Waals surface area contributed by atoms with Crippen molar-refractivity contribution in [3.05, 3.63) is 58.0 Å². The molecule has 4 nitrogen and oxygen atoms in total. The number of benzene rings is 2. The van der Waals surface area contributed by atoms with Crippen LogP contribution in [0, 0.1) is 0 Å². The number of halogens is 1. The highest BCUT2D eigenvalue weighted by atomic mass is 35.5. The Morgan fingerprint density at radius 3 is 2.79 bits per heavy atom. The number of carbonyl (C=O) groups excluding carboxylic acids is 1. The van der Waals surface area contributed by atoms with Gasteiger partial charge in [0.2, 0.25) is 6.79 Å². The van der Waals surface area contributed by atoms with Crippen molar-refractivity contribution in [2.24, 2.45) is 0 Å². The third kappa shape index (κ3) is 2.66. The van der Waals surface area contributed by atoms with E-state index < -0.39 is 0 Å². The first-order valence-electron chi connectivity index (χ1n) is 7.05. The lowest BCUT2D eigenvalue weighted by molar-refractivity contribution is -0.113. The first kappa shape index (κ1) is 15.5. The van der Waals surface area contributed by atoms with E-state index in [4.69, 9.17) is 33.3 Å². The lowest BCUT2D eigenvalue weighted by Crippen LogP contribution is -2.27. The van der Waals surface area contributed by atoms with E-state index >= 15 is 0 Å². The Morgan fingerprint density at radius 1 is 1.17 bits per heavy atom. The SMILES string of the molecule is O=C1/C(=C\c2ccccc2Cl)SC(=S)N1c1ccc2c(c1)OCO2. The summed E-state index contributed by atoms with van der Waals surface area (Å²) in [4.78, 5) is 14.8. The number of hydrogen-bond donors (Lipinski definition) is 0. The number of carbonyl (C=O) groups is 1. The molecule has 0 spiro atoms. The van der Waals surface area contributed by atoms with Gasteiger partial charge >= 0.3 is 0 Å². The molecule has 2 aliphatic rings. The van der Waals surface area contributed by atoms with Crippen LogP contribution in [0.15, 0.2) is 47.4 Å². The van der Waals surface area contributed by atoms with Crippen LogP contribution in [0.3, 0.4) is 0 Å². The molecule has 0 aliphatic carbocycles. The van der Waals surface area contributed by atoms with E-state index in [0.29, 0.717) is 31.4 Å². The maximum atomic E-state index is 12.8. The lowest BCUT2D eigenvalue weighted by Gasteiger charge is -2.14. The van der Waals surface area contributed by atoms with Crippen LogP contribution in [0.2, 0.25) is 5.02 Å². The molecule has 0 bridgehead atoms. The molecule has 0 saturated carbocycles. The van der Waals surface area contributed by atoms with Gasteiger partial charge in [0.05, 0.1) is 10.6 Å². The molecule has 2 aromatic carbocycles. The Kier molecular flexibility index (Phi) is 3.96. The van der Waals surface area contributed by atoms with Crippen molar-refractivity contribution in [2.75, 3.05) is 11.7 Å². The fraction of sp³-hybridized carbons (Fsp3) is 0.0588. The highest BCUT2D eigenvalue weighted by molar-refractivity contribution is 8.27. The quantitative estimate of drug-likeness (QED) is 0.571. The third-order valence-electron chi connectivity index (χ3n) is 3.60. The number of amides is 1. The molecule has 4 rings (SSSR count). The topological polar surface area (TPSA) is 38.8 Å². The average Bonchev–Trinajstić information content (AvgIpc) is 3.14. The first-order chi connectivity index (χ1) is 11.6. The highest BCUT2D eigenvalue weighted by Gasteiger charge is 2.34. The minimum absolute atomic E-state index is 0.177. The zero-order chi connectivity index (χ0) is 16.7. The van der Waals surface area contributed by atoms with Crippen LogP contribution >= 0.6 is 35.6 Å². The van der Waals surface area contributed by atoms with Crippen LogP contribution in [0.1, 0.15) is 5.56 Å². The van der Waals surface area contributed by atoms with Crippen molar-refractivity contribution >= 4 is 57.6 Å². The Morgan fingerprint density at radius 2 is 1.96 bits per heavy atom. The molecule has 2 heterocycles. The monoisotopic (exact) mass is 375 g/mol. The molecule has 1 amide bonds. The second-order valence-corrected chi connectivity index (χ2v) is 7.16. The van der Waals surface area contributed by atoms with Crippen molar-refractivity contribution in [2.45, 2.75) is 0 Å². The molecule has 0 unspecified atom stereocenters. The molecule has 0 atom stereocenters. The van der Waals surface area contributed by atoms with Gasteiger partial charge in [-0.15, -0.1) is 0 Å². The molecule has 24 heavy (non-hydrogen) atoms. The Hall–Kier alpha value is -2.02. The van der Waals surface area contributed by atoms with Crippen molar-refractivity contribution < 1.29 is 14.3 Å². The molecule has 120 valence electrons. The van der Waals surface area contributed by atoms with Gasteiger partial charge in [0.1, 0.15) is 0 Å². The summed E-state index contributed by atoms with van der Waals surface area (Å²) < 4.78 is 11.1. The smallest absolute Gasteiger partial charge is 0.270 e. The Bertz CT molecular complexity index is 897. The summed E-state index contributed by atoms with van der Waals surface area (Å²) in [7, 11) is 0. The standard InChI is InChI=1S/C17H10ClNO3S2/c18-12-4-2-1-3-10(12)7-15-16(20)19(17(23)24-15)11-5-6-13-14(8-11)22-9-21-13/h1-8H,9H2/b15-7+. The average molecular weight is 376 g/mol. The van der Waals surface area contributed by atoms with Gasteiger partial charge in [0.25, 0.3) is 5.91 Å². The van der Waals surface area contributed by atoms with Crippen LogP contribution in [-0.2, 0) is 4.79 Å². The molecule has 0 N–H and O–H groups in total. The van der Waals surface area contributed by atoms with Crippen molar-refractivity contribution in [3.8, 4) is 11.5 Å². The molecular formula is C17H10ClNO3S2. The second-order valence-electron chi connectivity index (χ2n) is 5.08. The van der Waals surface area contributed by atoms with E-state index in [1.807, 2.05) is 18.2 Å². The highest BCUT2D eigenvalue weighted by Crippen LogP contribution is 2.41. The van der Waals surface area contributed by atoms with Gasteiger partial charge in [-0.3, -0.25) is 9.69 Å². The van der Waals surface area contributed by atoms with Gasteiger partial charge in [0, 0.05) is 11.1 Å². The summed E-state index contributed by atoms with van der Waals surface area (Å²) in [5.41, 5.74) is 1.44. The predicted molar refractivity (Wildman–Crippen MR) is 99.7 cm³/mol. The minimum atomic E-state index is -0.177. The number of nitrogens with zero attached hydrogens (tertiary/aromatic N) is 1. The predicted octanol–water partition coefficient (Wildman–Crippen LogP) is 4.47. The molecule has 2 aliphatic heterocycles. The lowest BCUT2D eigenvalue weighted by atomic mass is 10.2. The van der Waals surface area contributed by atoms with E-state index in [1.165, 1.54) is 16.7 Å². The Balaban J connectivity index is 1.68. The molecule has 2 aromatic rings. The number of anilines is 1. The van der Waals surface area contributed by atoms with Gasteiger partial charge in [-0.2, -0.15) is 0 Å². The Labute approximate surface area is 153 Å². The van der Waals surface area contributed by atoms with Crippen LogP contribution in [-0.4, -0.2) is 17.0 Å². The van der Waals surface area contributed by atoms with Crippen LogP contribution in [0.4, 0.5) is 5.69 Å². The van der Waals surface area contributed by atoms with Gasteiger partial charge in [0.15, 0.2) is 15.8 Å². The number of hydrogen-bond acceptors (Lipinski definition) is 5. The summed E-state index contributed by atoms with van der Waals surface area (Å²) in [6.45, 7) is 0.184. The van der Waals surface area contributed by atoms with Crippen LogP contribution in [0.5, 0.6) is 11.5 Å². The van der Waals surface area contributed by atoms with Gasteiger partial charge < -0.3 is 9.47 Å². The van der Waals surface area contributed by atoms with Crippen LogP contribution < -0.4 is 14.4 Å². The van der Waals surface area contributed by atoms with E-state index in [9.17, 15) is 4.79 Å². The zero-order valence-corrected chi connectivity index (χ0v) is 14.6. The van der Waals surface area contributed by atoms with Gasteiger partial charge in [-0.25, -0.2) is 0 Å². The maximum absolute atomic E-state index is 12.8. The van der Waals surface area contributed by atoms with E-state index in [2.05, 4.69) is 0 Å². The number of fused-ring (bicyclic) bond motifs is 1. The van der Waals surface area contributed by atoms with E-state index in [1.54, 1.807) is 30.3 Å². The summed E-state index contributed by atoms with van der Waals surface area (Å²) in [5.74, 6) is 1.09. The molecule has 0 radical (unpaired) electrons. The largest absolute Gasteiger partial charge is 0.454 e. The molecular weight excluding hydrogens is 366 g/mol. The molecule has 1 fully saturated rings. The van der Waals surface area contributed by atoms with Crippen molar-refractivity contribution in [3.63, 3.8) is 0 Å². The number of thiocarbonyl (C=S) groups is 1. The fourth-order valence-electron chi connectivity index (χ4n) is 2.45. The molecule has 0 aromatic heterocycles. The zero-order valence-electron chi connectivity index (χ0n) is 12.2. The summed E-state index contributed by atoms with van der Waals surface area (Å²) in [6.07, 6.45) is 1.76. The molecule has 7 heteroatoms. The number of thioether (sulfide) groups is 1. The summed E-state index contributed by atoms with van der Waals surface area (Å²) in [5, 5.41) is 0.589. The third-order valence-corrected chi connectivity index (χ3v) is 5.25. The van der Waals surface area contributed by atoms with Gasteiger partial charge in [-0.05, 0) is 29.8 Å². The normalized spacial score (nSPS) is 17.9.